The van der Waals surface area contributed by atoms with Crippen molar-refractivity contribution in [3.05, 3.63) is 0 Å². The van der Waals surface area contributed by atoms with Crippen LogP contribution in [0.5, 0.6) is 0 Å². The molecule has 1 aliphatic carbocycles. The Hall–Kier alpha value is -0.120. The van der Waals surface area contributed by atoms with Crippen LogP contribution in [0.4, 0.5) is 0 Å². The van der Waals surface area contributed by atoms with E-state index in [1.807, 2.05) is 0 Å². The third-order valence-corrected chi connectivity index (χ3v) is 4.71. The third-order valence-electron chi connectivity index (χ3n) is 4.71. The van der Waals surface area contributed by atoms with Crippen molar-refractivity contribution in [2.45, 2.75) is 64.6 Å². The molecular weight excluding hydrogens is 224 g/mol. The molecule has 0 amide bonds. The highest BCUT2D eigenvalue weighted by atomic mass is 16.5. The van der Waals surface area contributed by atoms with Gasteiger partial charge in [0.2, 0.25) is 0 Å². The first-order chi connectivity index (χ1) is 8.68. The van der Waals surface area contributed by atoms with E-state index in [1.165, 1.54) is 32.2 Å². The van der Waals surface area contributed by atoms with Crippen LogP contribution in [0.3, 0.4) is 0 Å². The molecule has 2 rings (SSSR count). The number of morpholine rings is 1. The molecule has 2 aliphatic rings. The van der Waals surface area contributed by atoms with Gasteiger partial charge < -0.3 is 10.1 Å². The molecule has 2 fully saturated rings. The van der Waals surface area contributed by atoms with E-state index < -0.39 is 0 Å². The second-order valence-electron chi connectivity index (χ2n) is 6.28. The Morgan fingerprint density at radius 1 is 1.22 bits per heavy atom. The Labute approximate surface area is 112 Å². The van der Waals surface area contributed by atoms with E-state index in [0.717, 1.165) is 25.6 Å². The SMILES string of the molecule is CC(C)C(C)NCCN1CCOC2CCCCC21. The summed E-state index contributed by atoms with van der Waals surface area (Å²) in [6, 6.07) is 1.32. The lowest BCUT2D eigenvalue weighted by atomic mass is 9.90. The fourth-order valence-electron chi connectivity index (χ4n) is 3.13. The average molecular weight is 254 g/mol. The van der Waals surface area contributed by atoms with Gasteiger partial charge in [0, 0.05) is 31.7 Å². The summed E-state index contributed by atoms with van der Waals surface area (Å²) < 4.78 is 5.92. The Balaban J connectivity index is 1.74. The minimum absolute atomic E-state index is 0.523. The zero-order valence-corrected chi connectivity index (χ0v) is 12.3. The molecule has 18 heavy (non-hydrogen) atoms. The van der Waals surface area contributed by atoms with Crippen molar-refractivity contribution in [1.29, 1.82) is 0 Å². The van der Waals surface area contributed by atoms with Crippen molar-refractivity contribution in [2.24, 2.45) is 5.92 Å². The van der Waals surface area contributed by atoms with Crippen molar-refractivity contribution < 1.29 is 4.74 Å². The van der Waals surface area contributed by atoms with Crippen LogP contribution in [0.1, 0.15) is 46.5 Å². The normalized spacial score (nSPS) is 31.3. The summed E-state index contributed by atoms with van der Waals surface area (Å²) in [5.74, 6) is 0.720. The molecular formula is C15H30N2O. The maximum Gasteiger partial charge on any atom is 0.0730 e. The van der Waals surface area contributed by atoms with E-state index in [-0.39, 0.29) is 0 Å². The highest BCUT2D eigenvalue weighted by Gasteiger charge is 2.33. The molecule has 3 unspecified atom stereocenters. The maximum atomic E-state index is 5.92. The molecule has 1 aliphatic heterocycles. The van der Waals surface area contributed by atoms with Gasteiger partial charge in [-0.25, -0.2) is 0 Å². The molecule has 0 aromatic rings. The second kappa shape index (κ2) is 6.88. The van der Waals surface area contributed by atoms with Crippen LogP contribution >= 0.6 is 0 Å². The lowest BCUT2D eigenvalue weighted by Gasteiger charge is -2.44. The molecule has 3 heteroatoms. The molecule has 1 heterocycles. The first kappa shape index (κ1) is 14.3. The molecule has 1 N–H and O–H groups in total. The Bertz CT molecular complexity index is 243. The molecule has 1 saturated carbocycles. The molecule has 106 valence electrons. The van der Waals surface area contributed by atoms with Crippen molar-refractivity contribution >= 4 is 0 Å². The van der Waals surface area contributed by atoms with Gasteiger partial charge in [0.05, 0.1) is 12.7 Å². The molecule has 0 radical (unpaired) electrons. The van der Waals surface area contributed by atoms with Crippen LogP contribution in [0, 0.1) is 5.92 Å². The molecule has 0 spiro atoms. The van der Waals surface area contributed by atoms with Crippen LogP contribution in [0.2, 0.25) is 0 Å². The summed E-state index contributed by atoms with van der Waals surface area (Å²) in [4.78, 5) is 2.66. The summed E-state index contributed by atoms with van der Waals surface area (Å²) in [5, 5.41) is 3.64. The Kier molecular flexibility index (Phi) is 5.46. The first-order valence-electron chi connectivity index (χ1n) is 7.77. The quantitative estimate of drug-likeness (QED) is 0.814. The van der Waals surface area contributed by atoms with Gasteiger partial charge in [-0.15, -0.1) is 0 Å². The summed E-state index contributed by atoms with van der Waals surface area (Å²) in [6.07, 6.45) is 5.88. The molecule has 3 atom stereocenters. The minimum Gasteiger partial charge on any atom is -0.375 e. The first-order valence-corrected chi connectivity index (χ1v) is 7.77. The predicted molar refractivity (Wildman–Crippen MR) is 75.9 cm³/mol. The van der Waals surface area contributed by atoms with Gasteiger partial charge >= 0.3 is 0 Å². The van der Waals surface area contributed by atoms with E-state index in [2.05, 4.69) is 31.0 Å². The van der Waals surface area contributed by atoms with E-state index >= 15 is 0 Å². The number of rotatable bonds is 5. The molecule has 0 aromatic carbocycles. The maximum absolute atomic E-state index is 5.92. The van der Waals surface area contributed by atoms with Gasteiger partial charge in [-0.3, -0.25) is 4.90 Å². The van der Waals surface area contributed by atoms with Gasteiger partial charge in [-0.05, 0) is 25.7 Å². The fourth-order valence-corrected chi connectivity index (χ4v) is 3.13. The zero-order valence-electron chi connectivity index (χ0n) is 12.3. The van der Waals surface area contributed by atoms with Crippen molar-refractivity contribution in [1.82, 2.24) is 10.2 Å². The van der Waals surface area contributed by atoms with Gasteiger partial charge in [0.15, 0.2) is 0 Å². The number of ether oxygens (including phenoxy) is 1. The fraction of sp³-hybridized carbons (Fsp3) is 1.00. The van der Waals surface area contributed by atoms with E-state index in [4.69, 9.17) is 4.74 Å². The number of hydrogen-bond acceptors (Lipinski definition) is 3. The number of nitrogens with zero attached hydrogens (tertiary/aromatic N) is 1. The monoisotopic (exact) mass is 254 g/mol. The van der Waals surface area contributed by atoms with Crippen LogP contribution < -0.4 is 5.32 Å². The van der Waals surface area contributed by atoms with E-state index in [1.54, 1.807) is 0 Å². The molecule has 3 nitrogen and oxygen atoms in total. The van der Waals surface area contributed by atoms with Crippen LogP contribution in [-0.2, 0) is 4.74 Å². The number of nitrogens with one attached hydrogen (secondary N) is 1. The lowest BCUT2D eigenvalue weighted by molar-refractivity contribution is -0.0875. The predicted octanol–water partition coefficient (Wildman–Crippen LogP) is 2.26. The summed E-state index contributed by atoms with van der Waals surface area (Å²) in [5.41, 5.74) is 0. The average Bonchev–Trinajstić information content (AvgIpc) is 2.38. The largest absolute Gasteiger partial charge is 0.375 e. The van der Waals surface area contributed by atoms with E-state index in [0.29, 0.717) is 18.2 Å². The standard InChI is InChI=1S/C15H30N2O/c1-12(2)13(3)16-8-9-17-10-11-18-15-7-5-4-6-14(15)17/h12-16H,4-11H2,1-3H3. The van der Waals surface area contributed by atoms with Gasteiger partial charge in [-0.1, -0.05) is 26.7 Å². The third kappa shape index (κ3) is 3.69. The summed E-state index contributed by atoms with van der Waals surface area (Å²) >= 11 is 0. The van der Waals surface area contributed by atoms with Gasteiger partial charge in [-0.2, -0.15) is 0 Å². The van der Waals surface area contributed by atoms with Crippen molar-refractivity contribution in [2.75, 3.05) is 26.2 Å². The Morgan fingerprint density at radius 2 is 2.00 bits per heavy atom. The molecule has 1 saturated heterocycles. The summed E-state index contributed by atoms with van der Waals surface area (Å²) in [6.45, 7) is 11.2. The minimum atomic E-state index is 0.523. The smallest absolute Gasteiger partial charge is 0.0730 e. The number of hydrogen-bond donors (Lipinski definition) is 1. The highest BCUT2D eigenvalue weighted by Crippen LogP contribution is 2.27. The lowest BCUT2D eigenvalue weighted by Crippen LogP contribution is -2.54. The van der Waals surface area contributed by atoms with E-state index in [9.17, 15) is 0 Å². The Morgan fingerprint density at radius 3 is 2.78 bits per heavy atom. The second-order valence-corrected chi connectivity index (χ2v) is 6.28. The van der Waals surface area contributed by atoms with Gasteiger partial charge in [0.25, 0.3) is 0 Å². The summed E-state index contributed by atoms with van der Waals surface area (Å²) in [7, 11) is 0. The topological polar surface area (TPSA) is 24.5 Å². The van der Waals surface area contributed by atoms with Gasteiger partial charge in [0.1, 0.15) is 0 Å². The molecule has 0 aromatic heterocycles. The highest BCUT2D eigenvalue weighted by molar-refractivity contribution is 4.87. The number of fused-ring (bicyclic) bond motifs is 1. The van der Waals surface area contributed by atoms with Crippen LogP contribution in [0.25, 0.3) is 0 Å². The van der Waals surface area contributed by atoms with Crippen LogP contribution in [-0.4, -0.2) is 49.3 Å². The van der Waals surface area contributed by atoms with Crippen LogP contribution in [0.15, 0.2) is 0 Å². The zero-order chi connectivity index (χ0) is 13.0. The molecule has 0 bridgehead atoms. The van der Waals surface area contributed by atoms with Crippen molar-refractivity contribution in [3.8, 4) is 0 Å². The van der Waals surface area contributed by atoms with Crippen molar-refractivity contribution in [3.63, 3.8) is 0 Å².